The predicted molar refractivity (Wildman–Crippen MR) is 88.8 cm³/mol. The lowest BCUT2D eigenvalue weighted by molar-refractivity contribution is 0.0357. The fraction of sp³-hybridized carbons (Fsp3) is 1.00. The SMILES string of the molecule is CC(O[Si](C)(C)C(C)(C)C)C(CO)N1CCS(=O)(=O)CC1. The second-order valence-corrected chi connectivity index (χ2v) is 14.6. The van der Waals surface area contributed by atoms with Crippen LogP contribution in [-0.4, -0.2) is 70.1 Å². The van der Waals surface area contributed by atoms with Gasteiger partial charge in [-0.15, -0.1) is 0 Å². The minimum Gasteiger partial charge on any atom is -0.413 e. The van der Waals surface area contributed by atoms with Gasteiger partial charge in [-0.3, -0.25) is 4.90 Å². The summed E-state index contributed by atoms with van der Waals surface area (Å²) >= 11 is 0. The lowest BCUT2D eigenvalue weighted by atomic mass is 10.1. The van der Waals surface area contributed by atoms with Gasteiger partial charge in [0.15, 0.2) is 18.2 Å². The van der Waals surface area contributed by atoms with Crippen LogP contribution in [-0.2, 0) is 14.3 Å². The third-order valence-corrected chi connectivity index (χ3v) is 11.0. The second-order valence-electron chi connectivity index (χ2n) is 7.52. The first-order valence-electron chi connectivity index (χ1n) is 7.63. The van der Waals surface area contributed by atoms with Crippen LogP contribution in [0.2, 0.25) is 18.1 Å². The van der Waals surface area contributed by atoms with Crippen molar-refractivity contribution in [3.8, 4) is 0 Å². The molecule has 1 aliphatic heterocycles. The monoisotopic (exact) mass is 337 g/mol. The summed E-state index contributed by atoms with van der Waals surface area (Å²) < 4.78 is 29.4. The Morgan fingerprint density at radius 1 is 1.24 bits per heavy atom. The zero-order valence-corrected chi connectivity index (χ0v) is 16.0. The molecule has 0 aromatic heterocycles. The van der Waals surface area contributed by atoms with Crippen LogP contribution in [0.4, 0.5) is 0 Å². The number of aliphatic hydroxyl groups excluding tert-OH is 1. The van der Waals surface area contributed by atoms with Crippen molar-refractivity contribution in [1.29, 1.82) is 0 Å². The van der Waals surface area contributed by atoms with Crippen molar-refractivity contribution in [2.45, 2.75) is 58.0 Å². The maximum atomic E-state index is 11.5. The standard InChI is InChI=1S/C14H31NO4SSi/c1-12(19-21(5,6)14(2,3)4)13(11-16)15-7-9-20(17,18)10-8-15/h12-13,16H,7-11H2,1-6H3. The van der Waals surface area contributed by atoms with Gasteiger partial charge < -0.3 is 9.53 Å². The van der Waals surface area contributed by atoms with Crippen molar-refractivity contribution >= 4 is 18.2 Å². The molecule has 7 heteroatoms. The van der Waals surface area contributed by atoms with Crippen molar-refractivity contribution in [3.63, 3.8) is 0 Å². The van der Waals surface area contributed by atoms with E-state index >= 15 is 0 Å². The van der Waals surface area contributed by atoms with Crippen LogP contribution >= 0.6 is 0 Å². The Balaban J connectivity index is 2.72. The lowest BCUT2D eigenvalue weighted by Gasteiger charge is -2.43. The smallest absolute Gasteiger partial charge is 0.192 e. The number of hydrogen-bond donors (Lipinski definition) is 1. The van der Waals surface area contributed by atoms with Gasteiger partial charge in [0.1, 0.15) is 0 Å². The Bertz CT molecular complexity index is 430. The maximum absolute atomic E-state index is 11.5. The molecular formula is C14H31NO4SSi. The summed E-state index contributed by atoms with van der Waals surface area (Å²) in [4.78, 5) is 2.05. The van der Waals surface area contributed by atoms with Gasteiger partial charge >= 0.3 is 0 Å². The predicted octanol–water partition coefficient (Wildman–Crippen LogP) is 1.49. The van der Waals surface area contributed by atoms with Gasteiger partial charge in [0.25, 0.3) is 0 Å². The van der Waals surface area contributed by atoms with Crippen molar-refractivity contribution in [1.82, 2.24) is 4.90 Å². The quantitative estimate of drug-likeness (QED) is 0.770. The molecule has 2 atom stereocenters. The molecule has 0 aromatic rings. The molecular weight excluding hydrogens is 306 g/mol. The van der Waals surface area contributed by atoms with Gasteiger partial charge in [-0.2, -0.15) is 0 Å². The van der Waals surface area contributed by atoms with E-state index in [1.54, 1.807) is 0 Å². The highest BCUT2D eigenvalue weighted by Gasteiger charge is 2.41. The molecule has 0 aromatic carbocycles. The Morgan fingerprint density at radius 2 is 1.71 bits per heavy atom. The Hall–Kier alpha value is 0.0469. The molecule has 0 bridgehead atoms. The summed E-state index contributed by atoms with van der Waals surface area (Å²) in [6.45, 7) is 13.9. The molecule has 1 heterocycles. The molecule has 2 unspecified atom stereocenters. The Kier molecular flexibility index (Phi) is 6.06. The fourth-order valence-electron chi connectivity index (χ4n) is 2.34. The van der Waals surface area contributed by atoms with Gasteiger partial charge in [-0.1, -0.05) is 20.8 Å². The van der Waals surface area contributed by atoms with Gasteiger partial charge in [0, 0.05) is 13.1 Å². The van der Waals surface area contributed by atoms with Crippen LogP contribution in [0.15, 0.2) is 0 Å². The maximum Gasteiger partial charge on any atom is 0.192 e. The summed E-state index contributed by atoms with van der Waals surface area (Å²) in [6.07, 6.45) is -0.100. The number of nitrogens with zero attached hydrogens (tertiary/aromatic N) is 1. The number of sulfone groups is 1. The van der Waals surface area contributed by atoms with E-state index in [0.29, 0.717) is 13.1 Å². The minimum atomic E-state index is -2.90. The van der Waals surface area contributed by atoms with E-state index in [9.17, 15) is 13.5 Å². The molecule has 0 saturated carbocycles. The zero-order chi connectivity index (χ0) is 16.5. The summed E-state index contributed by atoms with van der Waals surface area (Å²) in [5.74, 6) is 0.354. The van der Waals surface area contributed by atoms with E-state index in [-0.39, 0.29) is 35.3 Å². The highest BCUT2D eigenvalue weighted by atomic mass is 32.2. The molecule has 21 heavy (non-hydrogen) atoms. The first-order chi connectivity index (χ1) is 9.39. The van der Waals surface area contributed by atoms with Crippen LogP contribution < -0.4 is 0 Å². The van der Waals surface area contributed by atoms with E-state index in [1.165, 1.54) is 0 Å². The zero-order valence-electron chi connectivity index (χ0n) is 14.2. The van der Waals surface area contributed by atoms with Crippen molar-refractivity contribution in [2.24, 2.45) is 0 Å². The first-order valence-corrected chi connectivity index (χ1v) is 12.4. The topological polar surface area (TPSA) is 66.8 Å². The minimum absolute atomic E-state index is 0.00413. The molecule has 5 nitrogen and oxygen atoms in total. The molecule has 1 aliphatic rings. The summed E-state index contributed by atoms with van der Waals surface area (Å²) in [5, 5.41) is 9.84. The molecule has 1 rings (SSSR count). The highest BCUT2D eigenvalue weighted by Crippen LogP contribution is 2.37. The lowest BCUT2D eigenvalue weighted by Crippen LogP contribution is -2.55. The normalized spacial score (nSPS) is 23.8. The van der Waals surface area contributed by atoms with E-state index < -0.39 is 18.2 Å². The van der Waals surface area contributed by atoms with Crippen molar-refractivity contribution in [2.75, 3.05) is 31.2 Å². The molecule has 0 amide bonds. The van der Waals surface area contributed by atoms with Gasteiger partial charge in [0.05, 0.1) is 30.3 Å². The molecule has 1 N–H and O–H groups in total. The second kappa shape index (κ2) is 6.66. The fourth-order valence-corrected chi connectivity index (χ4v) is 5.01. The van der Waals surface area contributed by atoms with E-state index in [4.69, 9.17) is 4.43 Å². The molecule has 0 radical (unpaired) electrons. The summed E-state index contributed by atoms with van der Waals surface area (Å²) in [5.41, 5.74) is 0. The Morgan fingerprint density at radius 3 is 2.10 bits per heavy atom. The van der Waals surface area contributed by atoms with Crippen LogP contribution in [0.1, 0.15) is 27.7 Å². The molecule has 0 spiro atoms. The largest absolute Gasteiger partial charge is 0.413 e. The van der Waals surface area contributed by atoms with Crippen LogP contribution in [0.3, 0.4) is 0 Å². The molecule has 1 fully saturated rings. The summed E-state index contributed by atoms with van der Waals surface area (Å²) in [6, 6.07) is -0.130. The average Bonchev–Trinajstić information content (AvgIpc) is 2.30. The number of rotatable bonds is 5. The molecule has 0 aliphatic carbocycles. The number of aliphatic hydroxyl groups is 1. The van der Waals surface area contributed by atoms with Crippen LogP contribution in [0, 0.1) is 0 Å². The molecule has 126 valence electrons. The van der Waals surface area contributed by atoms with Gasteiger partial charge in [-0.05, 0) is 25.1 Å². The van der Waals surface area contributed by atoms with Gasteiger partial charge in [0.2, 0.25) is 0 Å². The van der Waals surface area contributed by atoms with E-state index in [0.717, 1.165) is 0 Å². The molecule has 1 saturated heterocycles. The first kappa shape index (κ1) is 19.1. The third kappa shape index (κ3) is 5.02. The number of hydrogen-bond acceptors (Lipinski definition) is 5. The van der Waals surface area contributed by atoms with E-state index in [2.05, 4.69) is 38.8 Å². The highest BCUT2D eigenvalue weighted by molar-refractivity contribution is 7.91. The van der Waals surface area contributed by atoms with Gasteiger partial charge in [-0.25, -0.2) is 8.42 Å². The van der Waals surface area contributed by atoms with Crippen molar-refractivity contribution in [3.05, 3.63) is 0 Å². The van der Waals surface area contributed by atoms with E-state index in [1.807, 2.05) is 6.92 Å². The van der Waals surface area contributed by atoms with Crippen molar-refractivity contribution < 1.29 is 18.0 Å². The summed E-state index contributed by atoms with van der Waals surface area (Å²) in [7, 11) is -4.79. The van der Waals surface area contributed by atoms with Crippen LogP contribution in [0.25, 0.3) is 0 Å². The Labute approximate surface area is 130 Å². The third-order valence-electron chi connectivity index (χ3n) is 4.86. The average molecular weight is 338 g/mol. The van der Waals surface area contributed by atoms with Crippen LogP contribution in [0.5, 0.6) is 0 Å².